The van der Waals surface area contributed by atoms with E-state index in [9.17, 15) is 23.1 Å². The van der Waals surface area contributed by atoms with E-state index in [0.29, 0.717) is 39.9 Å². The van der Waals surface area contributed by atoms with Crippen molar-refractivity contribution in [3.63, 3.8) is 0 Å². The molecule has 2 N–H and O–H groups in total. The molecule has 0 bridgehead atoms. The smallest absolute Gasteiger partial charge is 0.416 e. The number of carboxylic acid groups (broad SMARTS) is 1. The number of nitrogens with zero attached hydrogens (tertiary/aromatic N) is 5. The van der Waals surface area contributed by atoms with Crippen molar-refractivity contribution < 1.29 is 27.8 Å². The van der Waals surface area contributed by atoms with Crippen molar-refractivity contribution in [1.29, 1.82) is 0 Å². The van der Waals surface area contributed by atoms with E-state index < -0.39 is 23.1 Å². The number of ether oxygens (including phenoxy) is 1. The van der Waals surface area contributed by atoms with Gasteiger partial charge in [0, 0.05) is 18.8 Å². The lowest BCUT2D eigenvalue weighted by Gasteiger charge is -2.19. The molecule has 4 aromatic rings. The molecule has 3 heterocycles. The van der Waals surface area contributed by atoms with E-state index in [4.69, 9.17) is 4.74 Å². The van der Waals surface area contributed by atoms with Crippen molar-refractivity contribution >= 4 is 17.6 Å². The molecule has 2 aliphatic carbocycles. The summed E-state index contributed by atoms with van der Waals surface area (Å²) in [6, 6.07) is 7.15. The number of aromatic nitrogens is 5. The van der Waals surface area contributed by atoms with E-state index in [1.807, 2.05) is 0 Å². The summed E-state index contributed by atoms with van der Waals surface area (Å²) in [5.74, 6) is 0.249. The number of carbonyl (C=O) groups is 1. The Bertz CT molecular complexity index is 1560. The van der Waals surface area contributed by atoms with Crippen LogP contribution in [0.1, 0.15) is 36.8 Å². The highest BCUT2D eigenvalue weighted by atomic mass is 19.4. The number of aliphatic carboxylic acids is 1. The molecule has 2 aliphatic rings. The number of carboxylic acids is 1. The van der Waals surface area contributed by atoms with Crippen molar-refractivity contribution in [2.45, 2.75) is 43.4 Å². The minimum Gasteiger partial charge on any atom is -0.481 e. The second-order valence-corrected chi connectivity index (χ2v) is 9.79. The van der Waals surface area contributed by atoms with Crippen molar-refractivity contribution in [3.05, 3.63) is 66.2 Å². The fraction of sp³-hybridized carbons (Fsp3) is 0.296. The van der Waals surface area contributed by atoms with E-state index in [-0.39, 0.29) is 24.5 Å². The molecule has 2 saturated carbocycles. The number of anilines is 2. The molecule has 12 heteroatoms. The Morgan fingerprint density at radius 2 is 1.87 bits per heavy atom. The van der Waals surface area contributed by atoms with Gasteiger partial charge in [-0.05, 0) is 48.9 Å². The minimum atomic E-state index is -4.69. The van der Waals surface area contributed by atoms with E-state index in [1.54, 1.807) is 42.5 Å². The molecule has 200 valence electrons. The maximum absolute atomic E-state index is 13.9. The molecule has 1 aromatic carbocycles. The number of benzene rings is 1. The highest BCUT2D eigenvalue weighted by molar-refractivity contribution is 5.86. The molecule has 39 heavy (non-hydrogen) atoms. The Balaban J connectivity index is 1.28. The number of alkyl halides is 3. The van der Waals surface area contributed by atoms with Gasteiger partial charge < -0.3 is 15.2 Å². The zero-order chi connectivity index (χ0) is 27.4. The Kier molecular flexibility index (Phi) is 5.77. The van der Waals surface area contributed by atoms with Crippen LogP contribution in [0.25, 0.3) is 22.4 Å². The topological polar surface area (TPSA) is 115 Å². The second kappa shape index (κ2) is 9.07. The molecule has 0 amide bonds. The Morgan fingerprint density at radius 3 is 2.51 bits per heavy atom. The lowest BCUT2D eigenvalue weighted by Crippen LogP contribution is -2.24. The fourth-order valence-corrected chi connectivity index (χ4v) is 4.54. The lowest BCUT2D eigenvalue weighted by molar-refractivity contribution is -0.142. The average molecular weight is 537 g/mol. The summed E-state index contributed by atoms with van der Waals surface area (Å²) in [5.41, 5.74) is -0.647. The van der Waals surface area contributed by atoms with Crippen molar-refractivity contribution in [3.8, 4) is 28.3 Å². The first-order valence-corrected chi connectivity index (χ1v) is 12.3. The first-order chi connectivity index (χ1) is 18.6. The molecule has 3 aromatic heterocycles. The van der Waals surface area contributed by atoms with Crippen LogP contribution in [0.4, 0.5) is 24.8 Å². The van der Waals surface area contributed by atoms with Gasteiger partial charge in [-0.1, -0.05) is 18.2 Å². The molecule has 6 rings (SSSR count). The molecule has 0 aliphatic heterocycles. The second-order valence-electron chi connectivity index (χ2n) is 9.79. The third-order valence-corrected chi connectivity index (χ3v) is 6.98. The van der Waals surface area contributed by atoms with Crippen LogP contribution in [0.5, 0.6) is 5.88 Å². The van der Waals surface area contributed by atoms with Gasteiger partial charge in [0.05, 0.1) is 40.8 Å². The van der Waals surface area contributed by atoms with Gasteiger partial charge in [-0.25, -0.2) is 0 Å². The number of nitrogens with one attached hydrogen (secondary N) is 1. The molecule has 0 radical (unpaired) electrons. The zero-order valence-electron chi connectivity index (χ0n) is 20.7. The standard InChI is InChI=1S/C27H23F3N6O3/c1-36-24(35-22-13-31-14-23(34-22)39-17-4-5-17)18(12-33-36)21-7-3-16(11-32-21)15-2-6-19(20(10-15)27(28,29)30)26(8-9-26)25(37)38/h2-3,6-7,10-14,17H,4-5,8-9H2,1H3,(H,34,35)(H,37,38). The number of hydrogen-bond acceptors (Lipinski definition) is 7. The Labute approximate surface area is 220 Å². The van der Waals surface area contributed by atoms with Crippen LogP contribution in [0.3, 0.4) is 0 Å². The van der Waals surface area contributed by atoms with Crippen LogP contribution >= 0.6 is 0 Å². The van der Waals surface area contributed by atoms with E-state index in [1.165, 1.54) is 18.3 Å². The van der Waals surface area contributed by atoms with Gasteiger partial charge in [-0.2, -0.15) is 23.3 Å². The molecule has 9 nitrogen and oxygen atoms in total. The van der Waals surface area contributed by atoms with Crippen molar-refractivity contribution in [2.75, 3.05) is 5.32 Å². The summed E-state index contributed by atoms with van der Waals surface area (Å²) < 4.78 is 49.1. The molecule has 0 unspecified atom stereocenters. The van der Waals surface area contributed by atoms with Crippen LogP contribution in [0, 0.1) is 0 Å². The summed E-state index contributed by atoms with van der Waals surface area (Å²) in [6.07, 6.45) is 4.08. The van der Waals surface area contributed by atoms with Crippen molar-refractivity contribution in [1.82, 2.24) is 24.7 Å². The molecule has 0 saturated heterocycles. The number of halogens is 3. The third-order valence-electron chi connectivity index (χ3n) is 6.98. The van der Waals surface area contributed by atoms with Crippen LogP contribution in [0.2, 0.25) is 0 Å². The van der Waals surface area contributed by atoms with Crippen LogP contribution in [-0.2, 0) is 23.4 Å². The number of aryl methyl sites for hydroxylation is 1. The fourth-order valence-electron chi connectivity index (χ4n) is 4.54. The molecular weight excluding hydrogens is 513 g/mol. The highest BCUT2D eigenvalue weighted by Crippen LogP contribution is 2.52. The van der Waals surface area contributed by atoms with Gasteiger partial charge in [0.1, 0.15) is 11.9 Å². The minimum absolute atomic E-state index is 0.180. The van der Waals surface area contributed by atoms with Crippen molar-refractivity contribution in [2.24, 2.45) is 7.05 Å². The Hall–Kier alpha value is -4.48. The van der Waals surface area contributed by atoms with E-state index in [2.05, 4.69) is 25.4 Å². The first-order valence-electron chi connectivity index (χ1n) is 12.3. The third kappa shape index (κ3) is 4.77. The zero-order valence-corrected chi connectivity index (χ0v) is 20.7. The van der Waals surface area contributed by atoms with Gasteiger partial charge in [-0.15, -0.1) is 0 Å². The van der Waals surface area contributed by atoms with E-state index >= 15 is 0 Å². The van der Waals surface area contributed by atoms with Gasteiger partial charge in [0.15, 0.2) is 5.82 Å². The summed E-state index contributed by atoms with van der Waals surface area (Å²) in [7, 11) is 1.75. The summed E-state index contributed by atoms with van der Waals surface area (Å²) in [6.45, 7) is 0. The SMILES string of the molecule is Cn1ncc(-c2ccc(-c3ccc(C4(C(=O)O)CC4)c(C(F)(F)F)c3)cn2)c1Nc1cncc(OC2CC2)n1. The summed E-state index contributed by atoms with van der Waals surface area (Å²) in [4.78, 5) is 24.8. The van der Waals surface area contributed by atoms with Crippen LogP contribution in [-0.4, -0.2) is 41.9 Å². The predicted molar refractivity (Wildman–Crippen MR) is 134 cm³/mol. The largest absolute Gasteiger partial charge is 0.481 e. The van der Waals surface area contributed by atoms with Gasteiger partial charge >= 0.3 is 12.1 Å². The monoisotopic (exact) mass is 536 g/mol. The molecule has 2 fully saturated rings. The van der Waals surface area contributed by atoms with Gasteiger partial charge in [0.25, 0.3) is 0 Å². The maximum atomic E-state index is 13.9. The Morgan fingerprint density at radius 1 is 1.10 bits per heavy atom. The quantitative estimate of drug-likeness (QED) is 0.309. The number of rotatable bonds is 8. The highest BCUT2D eigenvalue weighted by Gasteiger charge is 2.55. The van der Waals surface area contributed by atoms with Gasteiger partial charge in [0.2, 0.25) is 5.88 Å². The molecular formula is C27H23F3N6O3. The van der Waals surface area contributed by atoms with Gasteiger partial charge in [-0.3, -0.25) is 19.4 Å². The normalized spacial score (nSPS) is 16.1. The predicted octanol–water partition coefficient (Wildman–Crippen LogP) is 5.36. The van der Waals surface area contributed by atoms with Crippen LogP contribution < -0.4 is 10.1 Å². The summed E-state index contributed by atoms with van der Waals surface area (Å²) >= 11 is 0. The lowest BCUT2D eigenvalue weighted by atomic mass is 9.88. The molecule has 0 spiro atoms. The van der Waals surface area contributed by atoms with E-state index in [0.717, 1.165) is 18.9 Å². The molecule has 0 atom stereocenters. The summed E-state index contributed by atoms with van der Waals surface area (Å²) in [5, 5.41) is 17.0. The maximum Gasteiger partial charge on any atom is 0.416 e. The van der Waals surface area contributed by atoms with Crippen LogP contribution in [0.15, 0.2) is 55.1 Å². The number of hydrogen-bond donors (Lipinski definition) is 2. The first kappa shape index (κ1) is 24.8. The number of pyridine rings is 1. The average Bonchev–Trinajstić information content (AvgIpc) is 3.84.